The van der Waals surface area contributed by atoms with Crippen LogP contribution < -0.4 is 16.1 Å². The second kappa shape index (κ2) is 9.58. The van der Waals surface area contributed by atoms with Crippen molar-refractivity contribution in [3.05, 3.63) is 72.3 Å². The van der Waals surface area contributed by atoms with E-state index < -0.39 is 8.32 Å². The number of benzene rings is 2. The molecule has 2 aromatic carbocycles. The van der Waals surface area contributed by atoms with Gasteiger partial charge < -0.3 is 14.7 Å². The molecule has 1 fully saturated rings. The van der Waals surface area contributed by atoms with E-state index in [0.717, 1.165) is 12.8 Å². The lowest BCUT2D eigenvalue weighted by Gasteiger charge is -2.43. The number of aromatic nitrogens is 4. The van der Waals surface area contributed by atoms with Gasteiger partial charge in [-0.2, -0.15) is 9.97 Å². The highest BCUT2D eigenvalue weighted by Crippen LogP contribution is 2.44. The van der Waals surface area contributed by atoms with Crippen molar-refractivity contribution in [3.8, 4) is 0 Å². The quantitative estimate of drug-likeness (QED) is 0.282. The summed E-state index contributed by atoms with van der Waals surface area (Å²) in [7, 11) is -2.55. The van der Waals surface area contributed by atoms with Crippen molar-refractivity contribution in [3.63, 3.8) is 0 Å². The number of anilines is 1. The molecule has 9 heteroatoms. The fourth-order valence-electron chi connectivity index (χ4n) is 5.11. The zero-order valence-electron chi connectivity index (χ0n) is 20.2. The first-order chi connectivity index (χ1) is 16.8. The molecule has 1 aliphatic heterocycles. The van der Waals surface area contributed by atoms with Crippen molar-refractivity contribution in [2.24, 2.45) is 0 Å². The third-order valence-electron chi connectivity index (χ3n) is 6.72. The van der Waals surface area contributed by atoms with Crippen molar-refractivity contribution in [2.45, 2.75) is 49.3 Å². The summed E-state index contributed by atoms with van der Waals surface area (Å²) in [5.74, 6) is 0.313. The standard InChI is InChI=1S/C26H30ClN5OSSi/c1-26(2,3)35(19-10-6-4-7-11-19,20-12-8-5-9-13-20)33-16-18-14-15-21(34-18)32-17-29-22-23(28)30-25(27)31-24(22)32/h4-13,17-18,21H,14-16H2,1-3H3,(H2,28,30,31)/t18-,21+/m1/s1. The largest absolute Gasteiger partial charge is 0.406 e. The SMILES string of the molecule is CC(C)(C)[Si](OC[C@H]1CC[C@@H](n2cnc3c(N)nc(Cl)nc32)S1)(c1ccccc1)c1ccccc1. The Bertz CT molecular complexity index is 1270. The van der Waals surface area contributed by atoms with E-state index in [1.165, 1.54) is 10.4 Å². The topological polar surface area (TPSA) is 78.9 Å². The molecule has 2 N–H and O–H groups in total. The Morgan fingerprint density at radius 1 is 1.03 bits per heavy atom. The number of halogens is 1. The Hall–Kier alpha value is -2.39. The maximum atomic E-state index is 7.17. The summed E-state index contributed by atoms with van der Waals surface area (Å²) < 4.78 is 9.24. The van der Waals surface area contributed by atoms with Crippen LogP contribution >= 0.6 is 23.4 Å². The highest BCUT2D eigenvalue weighted by Gasteiger charge is 2.50. The van der Waals surface area contributed by atoms with Gasteiger partial charge in [-0.15, -0.1) is 11.8 Å². The molecule has 2 aromatic heterocycles. The number of thioether (sulfide) groups is 1. The maximum absolute atomic E-state index is 7.17. The molecule has 5 rings (SSSR count). The van der Waals surface area contributed by atoms with Crippen LogP contribution in [0.25, 0.3) is 11.2 Å². The van der Waals surface area contributed by atoms with Gasteiger partial charge in [-0.25, -0.2) is 4.98 Å². The molecule has 182 valence electrons. The third-order valence-corrected chi connectivity index (χ3v) is 13.4. The highest BCUT2D eigenvalue weighted by atomic mass is 35.5. The Kier molecular flexibility index (Phi) is 6.65. The van der Waals surface area contributed by atoms with Gasteiger partial charge in [0, 0.05) is 11.9 Å². The molecule has 0 amide bonds. The Morgan fingerprint density at radius 3 is 2.26 bits per heavy atom. The normalized spacial score (nSPS) is 18.9. The zero-order valence-corrected chi connectivity index (χ0v) is 22.8. The van der Waals surface area contributed by atoms with Crippen molar-refractivity contribution < 1.29 is 4.43 Å². The molecule has 0 saturated carbocycles. The fourth-order valence-corrected chi connectivity index (χ4v) is 11.4. The monoisotopic (exact) mass is 523 g/mol. The molecule has 6 nitrogen and oxygen atoms in total. The summed E-state index contributed by atoms with van der Waals surface area (Å²) in [5.41, 5.74) is 7.30. The highest BCUT2D eigenvalue weighted by molar-refractivity contribution is 8.00. The summed E-state index contributed by atoms with van der Waals surface area (Å²) in [4.78, 5) is 12.9. The molecule has 2 atom stereocenters. The molecule has 1 aliphatic rings. The van der Waals surface area contributed by atoms with Gasteiger partial charge in [0.05, 0.1) is 11.7 Å². The first-order valence-electron chi connectivity index (χ1n) is 11.9. The number of imidazole rings is 1. The van der Waals surface area contributed by atoms with Gasteiger partial charge in [0.1, 0.15) is 5.52 Å². The van der Waals surface area contributed by atoms with E-state index >= 15 is 0 Å². The average molecular weight is 524 g/mol. The first kappa shape index (κ1) is 24.3. The number of rotatable bonds is 6. The van der Waals surface area contributed by atoms with Crippen LogP contribution in [0.2, 0.25) is 10.3 Å². The van der Waals surface area contributed by atoms with Crippen LogP contribution in [-0.2, 0) is 4.43 Å². The number of nitrogens with two attached hydrogens (primary N) is 1. The molecule has 3 heterocycles. The molecule has 4 aromatic rings. The van der Waals surface area contributed by atoms with Gasteiger partial charge in [0.2, 0.25) is 5.28 Å². The van der Waals surface area contributed by atoms with Crippen LogP contribution in [0.3, 0.4) is 0 Å². The van der Waals surface area contributed by atoms with Crippen LogP contribution in [-0.4, -0.2) is 39.7 Å². The Balaban J connectivity index is 1.42. The van der Waals surface area contributed by atoms with Crippen molar-refractivity contribution in [2.75, 3.05) is 12.3 Å². The molecule has 0 unspecified atom stereocenters. The molecule has 1 saturated heterocycles. The van der Waals surface area contributed by atoms with Crippen LogP contribution in [0.15, 0.2) is 67.0 Å². The van der Waals surface area contributed by atoms with Crippen LogP contribution in [0.5, 0.6) is 0 Å². The Morgan fingerprint density at radius 2 is 1.66 bits per heavy atom. The molecule has 0 radical (unpaired) electrons. The molecular weight excluding hydrogens is 494 g/mol. The van der Waals surface area contributed by atoms with Gasteiger partial charge in [0.15, 0.2) is 11.5 Å². The van der Waals surface area contributed by atoms with E-state index in [-0.39, 0.29) is 15.7 Å². The van der Waals surface area contributed by atoms with E-state index in [9.17, 15) is 0 Å². The second-order valence-corrected chi connectivity index (χ2v) is 16.1. The zero-order chi connectivity index (χ0) is 24.6. The number of nitrogen functional groups attached to an aromatic ring is 1. The summed E-state index contributed by atoms with van der Waals surface area (Å²) >= 11 is 7.99. The minimum absolute atomic E-state index is 0.0376. The molecule has 35 heavy (non-hydrogen) atoms. The predicted molar refractivity (Wildman–Crippen MR) is 148 cm³/mol. The number of hydrogen-bond acceptors (Lipinski definition) is 6. The molecule has 0 aliphatic carbocycles. The number of fused-ring (bicyclic) bond motifs is 1. The lowest BCUT2D eigenvalue weighted by atomic mass is 10.2. The van der Waals surface area contributed by atoms with E-state index in [1.807, 2.05) is 11.8 Å². The van der Waals surface area contributed by atoms with Crippen molar-refractivity contribution in [1.29, 1.82) is 0 Å². The first-order valence-corrected chi connectivity index (χ1v) is 15.1. The van der Waals surface area contributed by atoms with Gasteiger partial charge >= 0.3 is 0 Å². The van der Waals surface area contributed by atoms with Crippen molar-refractivity contribution in [1.82, 2.24) is 19.5 Å². The summed E-state index contributed by atoms with van der Waals surface area (Å²) in [6.07, 6.45) is 3.86. The number of hydrogen-bond donors (Lipinski definition) is 1. The minimum Gasteiger partial charge on any atom is -0.406 e. The smallest absolute Gasteiger partial charge is 0.261 e. The number of nitrogens with zero attached hydrogens (tertiary/aromatic N) is 4. The van der Waals surface area contributed by atoms with Crippen molar-refractivity contribution >= 4 is 59.0 Å². The molecule has 0 bridgehead atoms. The van der Waals surface area contributed by atoms with Gasteiger partial charge in [-0.3, -0.25) is 0 Å². The van der Waals surface area contributed by atoms with E-state index in [0.29, 0.717) is 28.8 Å². The third kappa shape index (κ3) is 4.48. The fraction of sp³-hybridized carbons (Fsp3) is 0.346. The van der Waals surface area contributed by atoms with Gasteiger partial charge in [0.25, 0.3) is 8.32 Å². The van der Waals surface area contributed by atoms with E-state index in [1.54, 1.807) is 6.33 Å². The molecular formula is C26H30ClN5OSSi. The Labute approximate surface area is 216 Å². The van der Waals surface area contributed by atoms with Gasteiger partial charge in [-0.05, 0) is 39.9 Å². The average Bonchev–Trinajstić information content (AvgIpc) is 3.47. The van der Waals surface area contributed by atoms with E-state index in [2.05, 4.69) is 101 Å². The van der Waals surface area contributed by atoms with Gasteiger partial charge in [-0.1, -0.05) is 81.4 Å². The van der Waals surface area contributed by atoms with Crippen LogP contribution in [0, 0.1) is 0 Å². The lowest BCUT2D eigenvalue weighted by molar-refractivity contribution is 0.295. The minimum atomic E-state index is -2.55. The second-order valence-electron chi connectivity index (χ2n) is 9.97. The molecule has 0 spiro atoms. The summed E-state index contributed by atoms with van der Waals surface area (Å²) in [6, 6.07) is 21.6. The van der Waals surface area contributed by atoms with Crippen LogP contribution in [0.1, 0.15) is 39.0 Å². The summed E-state index contributed by atoms with van der Waals surface area (Å²) in [5, 5.41) is 3.30. The predicted octanol–water partition coefficient (Wildman–Crippen LogP) is 5.03. The lowest BCUT2D eigenvalue weighted by Crippen LogP contribution is -2.67. The maximum Gasteiger partial charge on any atom is 0.261 e. The van der Waals surface area contributed by atoms with Crippen LogP contribution in [0.4, 0.5) is 5.82 Å². The van der Waals surface area contributed by atoms with E-state index in [4.69, 9.17) is 21.8 Å². The summed E-state index contributed by atoms with van der Waals surface area (Å²) in [6.45, 7) is 7.64.